The molecule has 1 amide bonds. The maximum Gasteiger partial charge on any atom is 0.408 e. The molecule has 1 aromatic rings. The van der Waals surface area contributed by atoms with E-state index in [0.29, 0.717) is 0 Å². The van der Waals surface area contributed by atoms with Crippen LogP contribution < -0.4 is 5.32 Å². The molecule has 0 aliphatic rings. The number of carbonyl (C=O) groups excluding carboxylic acids is 3. The van der Waals surface area contributed by atoms with Crippen LogP contribution in [0.5, 0.6) is 0 Å². The Hall–Kier alpha value is -2.35. The molecule has 0 radical (unpaired) electrons. The Bertz CT molecular complexity index is 869. The van der Waals surface area contributed by atoms with E-state index in [2.05, 4.69) is 5.32 Å². The van der Waals surface area contributed by atoms with Gasteiger partial charge in [0.25, 0.3) is 0 Å². The molecule has 7 nitrogen and oxygen atoms in total. The molecule has 1 rings (SSSR count). The highest BCUT2D eigenvalue weighted by atomic mass is 32.2. The van der Waals surface area contributed by atoms with E-state index in [4.69, 9.17) is 9.47 Å². The third-order valence-corrected chi connectivity index (χ3v) is 4.75. The predicted octanol–water partition coefficient (Wildman–Crippen LogP) is 2.95. The summed E-state index contributed by atoms with van der Waals surface area (Å²) in [6, 6.07) is 8.01. The van der Waals surface area contributed by atoms with Crippen LogP contribution in [0.4, 0.5) is 4.79 Å². The molecule has 0 aliphatic heterocycles. The van der Waals surface area contributed by atoms with Gasteiger partial charge in [-0.3, -0.25) is 9.00 Å². The summed E-state index contributed by atoms with van der Waals surface area (Å²) in [7, 11) is -2.41. The molecule has 1 aromatic carbocycles. The molecule has 0 heterocycles. The van der Waals surface area contributed by atoms with Crippen LogP contribution >= 0.6 is 0 Å². The summed E-state index contributed by atoms with van der Waals surface area (Å²) in [4.78, 5) is 37.6. The van der Waals surface area contributed by atoms with Crippen molar-refractivity contribution in [3.63, 3.8) is 0 Å². The quantitative estimate of drug-likeness (QED) is 0.494. The lowest BCUT2D eigenvalue weighted by atomic mass is 9.82. The largest absolute Gasteiger partial charge is 0.459 e. The van der Waals surface area contributed by atoms with Crippen molar-refractivity contribution < 1.29 is 28.1 Å². The van der Waals surface area contributed by atoms with Crippen molar-refractivity contribution in [1.82, 2.24) is 5.32 Å². The molecule has 30 heavy (non-hydrogen) atoms. The number of ether oxygens (including phenoxy) is 2. The molecule has 0 aliphatic carbocycles. The van der Waals surface area contributed by atoms with Gasteiger partial charge in [0.15, 0.2) is 5.78 Å². The lowest BCUT2D eigenvalue weighted by Gasteiger charge is -2.28. The average molecular weight is 440 g/mol. The number of hydrogen-bond donors (Lipinski definition) is 1. The highest BCUT2D eigenvalue weighted by Gasteiger charge is 2.35. The van der Waals surface area contributed by atoms with Gasteiger partial charge in [-0.05, 0) is 42.3 Å². The maximum absolute atomic E-state index is 12.7. The molecular formula is C22H33NO6S. The molecule has 0 spiro atoms. The molecule has 1 unspecified atom stereocenters. The number of amides is 1. The van der Waals surface area contributed by atoms with Crippen LogP contribution in [0.25, 0.3) is 0 Å². The van der Waals surface area contributed by atoms with E-state index in [1.54, 1.807) is 34.6 Å². The van der Waals surface area contributed by atoms with Crippen LogP contribution in [0.2, 0.25) is 0 Å². The zero-order valence-electron chi connectivity index (χ0n) is 18.8. The van der Waals surface area contributed by atoms with Crippen LogP contribution in [-0.4, -0.2) is 51.6 Å². The minimum Gasteiger partial charge on any atom is -0.459 e. The van der Waals surface area contributed by atoms with Crippen molar-refractivity contribution in [2.75, 3.05) is 12.5 Å². The Kier molecular flexibility index (Phi) is 8.65. The van der Waals surface area contributed by atoms with E-state index < -0.39 is 38.6 Å². The van der Waals surface area contributed by atoms with Gasteiger partial charge in [0.2, 0.25) is 0 Å². The fraction of sp³-hybridized carbons (Fsp3) is 0.545. The molecule has 0 aromatic heterocycles. The zero-order chi connectivity index (χ0) is 23.2. The van der Waals surface area contributed by atoms with Crippen LogP contribution in [-0.2, 0) is 35.2 Å². The molecule has 1 atom stereocenters. The Balaban J connectivity index is 3.01. The lowest BCUT2D eigenvalue weighted by molar-refractivity contribution is -0.148. The Morgan fingerprint density at radius 3 is 2.13 bits per heavy atom. The topological polar surface area (TPSA) is 98.8 Å². The summed E-state index contributed by atoms with van der Waals surface area (Å²) in [6.45, 7) is 8.41. The first-order chi connectivity index (χ1) is 13.6. The SMILES string of the molecule is CC(C)(C)OC(=O)NC(CC(C)(C)C(=O)C=S(C)(C)=O)C(=O)OCc1ccccc1. The first-order valence-electron chi connectivity index (χ1n) is 9.62. The second-order valence-corrected chi connectivity index (χ2v) is 12.0. The van der Waals surface area contributed by atoms with Gasteiger partial charge in [0.1, 0.15) is 18.2 Å². The van der Waals surface area contributed by atoms with E-state index >= 15 is 0 Å². The summed E-state index contributed by atoms with van der Waals surface area (Å²) in [5, 5.41) is 3.68. The average Bonchev–Trinajstić information content (AvgIpc) is 2.56. The molecule has 0 saturated carbocycles. The summed E-state index contributed by atoms with van der Waals surface area (Å²) in [5.74, 6) is -1.05. The molecule has 0 fully saturated rings. The van der Waals surface area contributed by atoms with Crippen LogP contribution in [0.3, 0.4) is 0 Å². The van der Waals surface area contributed by atoms with Gasteiger partial charge >= 0.3 is 12.1 Å². The predicted molar refractivity (Wildman–Crippen MR) is 119 cm³/mol. The van der Waals surface area contributed by atoms with Crippen molar-refractivity contribution in [2.45, 2.75) is 59.3 Å². The fourth-order valence-electron chi connectivity index (χ4n) is 2.50. The third-order valence-electron chi connectivity index (χ3n) is 3.97. The molecule has 8 heteroatoms. The Morgan fingerprint density at radius 2 is 1.63 bits per heavy atom. The molecular weight excluding hydrogens is 406 g/mol. The third kappa shape index (κ3) is 9.91. The van der Waals surface area contributed by atoms with Gasteiger partial charge in [0, 0.05) is 23.3 Å². The Labute approximate surface area is 179 Å². The number of hydrogen-bond acceptors (Lipinski definition) is 6. The number of carbonyl (C=O) groups is 3. The van der Waals surface area contributed by atoms with Crippen molar-refractivity contribution >= 4 is 32.7 Å². The van der Waals surface area contributed by atoms with Crippen molar-refractivity contribution in [3.8, 4) is 0 Å². The summed E-state index contributed by atoms with van der Waals surface area (Å²) < 4.78 is 22.6. The minimum absolute atomic E-state index is 0.0322. The normalized spacial score (nSPS) is 13.2. The molecule has 0 bridgehead atoms. The van der Waals surface area contributed by atoms with E-state index in [1.165, 1.54) is 17.9 Å². The zero-order valence-corrected chi connectivity index (χ0v) is 19.6. The summed E-state index contributed by atoms with van der Waals surface area (Å²) in [5.41, 5.74) is -1.01. The minimum atomic E-state index is -2.41. The van der Waals surface area contributed by atoms with Crippen LogP contribution in [0, 0.1) is 5.41 Å². The highest BCUT2D eigenvalue weighted by molar-refractivity contribution is 8.01. The summed E-state index contributed by atoms with van der Waals surface area (Å²) >= 11 is 0. The van der Waals surface area contributed by atoms with Crippen molar-refractivity contribution in [2.24, 2.45) is 5.41 Å². The summed E-state index contributed by atoms with van der Waals surface area (Å²) in [6.07, 6.45) is 2.10. The van der Waals surface area contributed by atoms with Gasteiger partial charge in [0.05, 0.1) is 0 Å². The van der Waals surface area contributed by atoms with Crippen LogP contribution in [0.1, 0.15) is 46.6 Å². The number of rotatable bonds is 8. The van der Waals surface area contributed by atoms with Crippen molar-refractivity contribution in [1.29, 1.82) is 0 Å². The van der Waals surface area contributed by atoms with Gasteiger partial charge in [-0.25, -0.2) is 9.59 Å². The van der Waals surface area contributed by atoms with Gasteiger partial charge in [-0.2, -0.15) is 0 Å². The first-order valence-corrected chi connectivity index (χ1v) is 12.1. The number of esters is 1. The van der Waals surface area contributed by atoms with E-state index in [9.17, 15) is 18.6 Å². The first kappa shape index (κ1) is 25.7. The van der Waals surface area contributed by atoms with Gasteiger partial charge < -0.3 is 14.8 Å². The van der Waals surface area contributed by atoms with E-state index in [-0.39, 0.29) is 18.8 Å². The second kappa shape index (κ2) is 10.1. The van der Waals surface area contributed by atoms with Gasteiger partial charge in [-0.1, -0.05) is 44.2 Å². The number of alkyl carbamates (subject to hydrolysis) is 1. The molecule has 0 saturated heterocycles. The standard InChI is InChI=1S/C22H33NO6S/c1-21(2,3)29-20(26)23-17(13-22(4,5)18(24)15-30(6,7)27)19(25)28-14-16-11-9-8-10-12-16/h8-12,15,17H,13-14H2,1-7H3,(H,23,26). The number of ketones is 1. The van der Waals surface area contributed by atoms with Crippen LogP contribution in [0.15, 0.2) is 30.3 Å². The highest BCUT2D eigenvalue weighted by Crippen LogP contribution is 2.24. The van der Waals surface area contributed by atoms with E-state index in [0.717, 1.165) is 5.56 Å². The van der Waals surface area contributed by atoms with Crippen molar-refractivity contribution in [3.05, 3.63) is 35.9 Å². The second-order valence-electron chi connectivity index (χ2n) is 9.17. The molecule has 1 N–H and O–H groups in total. The number of nitrogens with one attached hydrogen (secondary N) is 1. The lowest BCUT2D eigenvalue weighted by Crippen LogP contribution is -2.47. The number of Topliss-reactive ketones (excluding diaryl/α,β-unsaturated/α-hetero) is 1. The van der Waals surface area contributed by atoms with E-state index in [1.807, 2.05) is 30.3 Å². The smallest absolute Gasteiger partial charge is 0.408 e. The molecule has 168 valence electrons. The maximum atomic E-state index is 12.7. The van der Waals surface area contributed by atoms with Gasteiger partial charge in [-0.15, -0.1) is 0 Å². The monoisotopic (exact) mass is 439 g/mol. The Morgan fingerprint density at radius 1 is 1.07 bits per heavy atom. The number of benzene rings is 1. The fourth-order valence-corrected chi connectivity index (χ4v) is 3.34.